The molecule has 2 amide bonds. The van der Waals surface area contributed by atoms with Gasteiger partial charge in [0.25, 0.3) is 5.91 Å². The molecule has 2 aromatic carbocycles. The van der Waals surface area contributed by atoms with Crippen LogP contribution in [0.5, 0.6) is 0 Å². The molecule has 0 spiro atoms. The number of hydrogen-bond donors (Lipinski definition) is 2. The largest absolute Gasteiger partial charge is 0.492 e. The van der Waals surface area contributed by atoms with Crippen molar-refractivity contribution in [1.82, 2.24) is 14.8 Å². The summed E-state index contributed by atoms with van der Waals surface area (Å²) in [5, 5.41) is 8.75. The van der Waals surface area contributed by atoms with E-state index >= 15 is 0 Å². The molecule has 1 unspecified atom stereocenters. The average molecular weight is 475 g/mol. The van der Waals surface area contributed by atoms with Gasteiger partial charge in [0, 0.05) is 30.4 Å². The molecule has 12 heteroatoms. The second-order valence-corrected chi connectivity index (χ2v) is 7.82. The van der Waals surface area contributed by atoms with Crippen LogP contribution in [0.25, 0.3) is 16.6 Å². The second kappa shape index (κ2) is 9.14. The summed E-state index contributed by atoms with van der Waals surface area (Å²) in [6.07, 6.45) is -2.50. The molecule has 9 nitrogen and oxygen atoms in total. The summed E-state index contributed by atoms with van der Waals surface area (Å²) in [5.74, 6) is -3.92. The van der Waals surface area contributed by atoms with Crippen LogP contribution in [0.2, 0.25) is 0 Å². The van der Waals surface area contributed by atoms with Gasteiger partial charge in [0.2, 0.25) is 5.91 Å². The Bertz CT molecular complexity index is 1240. The van der Waals surface area contributed by atoms with Gasteiger partial charge in [-0.3, -0.25) is 9.59 Å². The Kier molecular flexibility index (Phi) is 6.24. The quantitative estimate of drug-likeness (QED) is 0.586. The molecule has 0 bridgehead atoms. The molecule has 1 aliphatic rings. The fraction of sp³-hybridized carbons (Fsp3) is 0.273. The van der Waals surface area contributed by atoms with Crippen LogP contribution in [0.4, 0.5) is 18.9 Å². The summed E-state index contributed by atoms with van der Waals surface area (Å²) in [4.78, 5) is 39.6. The number of aromatic nitrogens is 2. The van der Waals surface area contributed by atoms with Gasteiger partial charge in [-0.2, -0.15) is 18.3 Å². The van der Waals surface area contributed by atoms with Crippen LogP contribution in [0.3, 0.4) is 0 Å². The fourth-order valence-corrected chi connectivity index (χ4v) is 3.73. The first-order chi connectivity index (χ1) is 16.1. The first-order valence-electron chi connectivity index (χ1n) is 10.4. The maximum Gasteiger partial charge on any atom is 0.492 e. The number of nitrogens with one attached hydrogen (secondary N) is 1. The van der Waals surface area contributed by atoms with Gasteiger partial charge in [-0.1, -0.05) is 12.1 Å². The van der Waals surface area contributed by atoms with Crippen LogP contribution in [-0.2, 0) is 14.4 Å². The number of carbonyl (C=O) groups is 3. The van der Waals surface area contributed by atoms with Crippen molar-refractivity contribution in [2.24, 2.45) is 11.7 Å². The first kappa shape index (κ1) is 23.2. The Hall–Kier alpha value is -3.93. The number of hydroxylamine groups is 2. The van der Waals surface area contributed by atoms with Gasteiger partial charge in [-0.15, -0.1) is 5.06 Å². The SMILES string of the molecule is NC(=O)c1cccc2cn(-c3ccc(NC(=O)C4CCCN(OC(=O)C(F)(F)F)C4)cc3)nc12. The van der Waals surface area contributed by atoms with Crippen molar-refractivity contribution in [3.63, 3.8) is 0 Å². The molecule has 4 rings (SSSR count). The molecule has 3 N–H and O–H groups in total. The number of alkyl halides is 3. The topological polar surface area (TPSA) is 120 Å². The van der Waals surface area contributed by atoms with Crippen LogP contribution >= 0.6 is 0 Å². The molecular formula is C22H20F3N5O4. The molecule has 1 fully saturated rings. The van der Waals surface area contributed by atoms with Crippen LogP contribution in [-0.4, -0.2) is 51.9 Å². The molecule has 2 heterocycles. The molecule has 1 atom stereocenters. The number of amides is 2. The molecule has 3 aromatic rings. The number of fused-ring (bicyclic) bond motifs is 1. The molecule has 178 valence electrons. The Morgan fingerprint density at radius 3 is 2.53 bits per heavy atom. The van der Waals surface area contributed by atoms with E-state index in [1.54, 1.807) is 53.3 Å². The maximum absolute atomic E-state index is 12.6. The number of rotatable bonds is 5. The van der Waals surface area contributed by atoms with E-state index in [4.69, 9.17) is 5.73 Å². The van der Waals surface area contributed by atoms with Gasteiger partial charge < -0.3 is 15.9 Å². The van der Waals surface area contributed by atoms with Crippen molar-refractivity contribution < 1.29 is 32.4 Å². The lowest BCUT2D eigenvalue weighted by Crippen LogP contribution is -2.43. The van der Waals surface area contributed by atoms with Crippen LogP contribution in [0.15, 0.2) is 48.7 Å². The van der Waals surface area contributed by atoms with Crippen LogP contribution in [0, 0.1) is 5.92 Å². The number of benzene rings is 2. The Balaban J connectivity index is 1.41. The van der Waals surface area contributed by atoms with Crippen molar-refractivity contribution in [2.45, 2.75) is 19.0 Å². The number of carbonyl (C=O) groups excluding carboxylic acids is 3. The van der Waals surface area contributed by atoms with Crippen molar-refractivity contribution in [1.29, 1.82) is 0 Å². The van der Waals surface area contributed by atoms with E-state index in [1.165, 1.54) is 0 Å². The van der Waals surface area contributed by atoms with Crippen molar-refractivity contribution in [3.05, 3.63) is 54.2 Å². The standard InChI is InChI=1S/C22H20F3N5O4/c23-22(24,25)21(33)34-29-10-2-4-14(11-29)20(32)27-15-6-8-16(9-7-15)30-12-13-3-1-5-17(19(26)31)18(13)28-30/h1,3,5-9,12,14H,2,4,10-11H2,(H2,26,31)(H,27,32). The third-order valence-corrected chi connectivity index (χ3v) is 5.40. The van der Waals surface area contributed by atoms with Crippen molar-refractivity contribution >= 4 is 34.4 Å². The van der Waals surface area contributed by atoms with E-state index in [0.717, 1.165) is 10.4 Å². The summed E-state index contributed by atoms with van der Waals surface area (Å²) < 4.78 is 38.8. The molecular weight excluding hydrogens is 455 g/mol. The predicted molar refractivity (Wildman–Crippen MR) is 115 cm³/mol. The Morgan fingerprint density at radius 2 is 1.85 bits per heavy atom. The monoisotopic (exact) mass is 475 g/mol. The van der Waals surface area contributed by atoms with E-state index in [2.05, 4.69) is 15.3 Å². The normalized spacial score (nSPS) is 16.9. The number of nitrogens with zero attached hydrogens (tertiary/aromatic N) is 3. The van der Waals surface area contributed by atoms with Gasteiger partial charge in [-0.25, -0.2) is 9.48 Å². The predicted octanol–water partition coefficient (Wildman–Crippen LogP) is 2.80. The summed E-state index contributed by atoms with van der Waals surface area (Å²) in [7, 11) is 0. The zero-order chi connectivity index (χ0) is 24.5. The average Bonchev–Trinajstić information content (AvgIpc) is 3.23. The van der Waals surface area contributed by atoms with Gasteiger partial charge in [0.15, 0.2) is 0 Å². The number of piperidine rings is 1. The number of halogens is 3. The Labute approximate surface area is 191 Å². The van der Waals surface area contributed by atoms with Crippen molar-refractivity contribution in [2.75, 3.05) is 18.4 Å². The lowest BCUT2D eigenvalue weighted by molar-refractivity contribution is -0.243. The third kappa shape index (κ3) is 5.01. The van der Waals surface area contributed by atoms with E-state index in [-0.39, 0.29) is 13.1 Å². The van der Waals surface area contributed by atoms with Crippen molar-refractivity contribution in [3.8, 4) is 5.69 Å². The Morgan fingerprint density at radius 1 is 1.12 bits per heavy atom. The molecule has 0 aliphatic carbocycles. The highest BCUT2D eigenvalue weighted by Gasteiger charge is 2.43. The highest BCUT2D eigenvalue weighted by Crippen LogP contribution is 2.24. The summed E-state index contributed by atoms with van der Waals surface area (Å²) in [6, 6.07) is 11.8. The summed E-state index contributed by atoms with van der Waals surface area (Å²) in [6.45, 7) is -0.0101. The molecule has 0 saturated carbocycles. The molecule has 1 aromatic heterocycles. The zero-order valence-electron chi connectivity index (χ0n) is 17.7. The van der Waals surface area contributed by atoms with Gasteiger partial charge >= 0.3 is 12.1 Å². The fourth-order valence-electron chi connectivity index (χ4n) is 3.73. The third-order valence-electron chi connectivity index (χ3n) is 5.40. The minimum Gasteiger partial charge on any atom is -0.366 e. The van der Waals surface area contributed by atoms with E-state index in [0.29, 0.717) is 35.3 Å². The van der Waals surface area contributed by atoms with E-state index in [1.807, 2.05) is 0 Å². The summed E-state index contributed by atoms with van der Waals surface area (Å²) in [5.41, 5.74) is 7.33. The number of anilines is 1. The zero-order valence-corrected chi connectivity index (χ0v) is 17.7. The second-order valence-electron chi connectivity index (χ2n) is 7.82. The number of primary amides is 1. The first-order valence-corrected chi connectivity index (χ1v) is 10.4. The van der Waals surface area contributed by atoms with Crippen LogP contribution in [0.1, 0.15) is 23.2 Å². The minimum absolute atomic E-state index is 0.121. The van der Waals surface area contributed by atoms with E-state index < -0.39 is 29.9 Å². The lowest BCUT2D eigenvalue weighted by Gasteiger charge is -2.30. The van der Waals surface area contributed by atoms with Gasteiger partial charge in [0.05, 0.1) is 17.2 Å². The molecule has 1 saturated heterocycles. The van der Waals surface area contributed by atoms with Gasteiger partial charge in [-0.05, 0) is 43.2 Å². The molecule has 0 radical (unpaired) electrons. The molecule has 1 aliphatic heterocycles. The van der Waals surface area contributed by atoms with Crippen LogP contribution < -0.4 is 11.1 Å². The smallest absolute Gasteiger partial charge is 0.366 e. The summed E-state index contributed by atoms with van der Waals surface area (Å²) >= 11 is 0. The van der Waals surface area contributed by atoms with Gasteiger partial charge in [0.1, 0.15) is 5.52 Å². The maximum atomic E-state index is 12.6. The van der Waals surface area contributed by atoms with E-state index in [9.17, 15) is 27.6 Å². The molecule has 34 heavy (non-hydrogen) atoms. The minimum atomic E-state index is -5.10. The number of nitrogens with two attached hydrogens (primary N) is 1. The number of hydrogen-bond acceptors (Lipinski definition) is 6. The highest BCUT2D eigenvalue weighted by molar-refractivity contribution is 6.04. The lowest BCUT2D eigenvalue weighted by atomic mass is 9.98. The highest BCUT2D eigenvalue weighted by atomic mass is 19.4.